The fraction of sp³-hybridized carbons (Fsp3) is 0.444. The van der Waals surface area contributed by atoms with Crippen LogP contribution in [0.5, 0.6) is 0 Å². The molecular formula is C18H20Cl2N4O5. The molecular weight excluding hydrogens is 423 g/mol. The highest BCUT2D eigenvalue weighted by molar-refractivity contribution is 6.42. The molecule has 0 spiro atoms. The summed E-state index contributed by atoms with van der Waals surface area (Å²) in [5.41, 5.74) is -0.0822. The first-order valence-electron chi connectivity index (χ1n) is 8.86. The van der Waals surface area contributed by atoms with Gasteiger partial charge < -0.3 is 30.2 Å². The Bertz CT molecular complexity index is 964. The summed E-state index contributed by atoms with van der Waals surface area (Å²) < 4.78 is 7.49. The number of aliphatic hydroxyl groups excluding tert-OH is 2. The number of benzene rings is 1. The van der Waals surface area contributed by atoms with Crippen molar-refractivity contribution in [3.8, 4) is 0 Å². The van der Waals surface area contributed by atoms with Crippen LogP contribution in [0.3, 0.4) is 0 Å². The lowest BCUT2D eigenvalue weighted by molar-refractivity contribution is -0.136. The maximum atomic E-state index is 11.1. The normalized spacial score (nSPS) is 29.6. The molecule has 4 rings (SSSR count). The summed E-state index contributed by atoms with van der Waals surface area (Å²) in [4.78, 5) is 9.10. The summed E-state index contributed by atoms with van der Waals surface area (Å²) in [6.45, 7) is 1.89. The smallest absolute Gasteiger partial charge is 0.165 e. The van der Waals surface area contributed by atoms with Crippen LogP contribution in [0.15, 0.2) is 29.7 Å². The third-order valence-electron chi connectivity index (χ3n) is 5.26. The number of halogens is 2. The lowest BCUT2D eigenvalue weighted by Gasteiger charge is -2.32. The minimum atomic E-state index is -1.65. The zero-order valence-electron chi connectivity index (χ0n) is 15.6. The highest BCUT2D eigenvalue weighted by Gasteiger charge is 2.53. The molecule has 5 atom stereocenters. The van der Waals surface area contributed by atoms with Crippen LogP contribution in [0, 0.1) is 0 Å². The van der Waals surface area contributed by atoms with E-state index in [9.17, 15) is 15.3 Å². The number of nitrogens with one attached hydrogen (secondary N) is 1. The standard InChI is InChI=1S/C18H20Cl2N4O5/c1-18(27,8-3-4-9(19)10(20)5-8)15-13(25)14(26)17(29-15)24-7-22-12-11(23-28-2)6-21-16(12)24/h3-5,7,13-15,17,21,25-27H,6H2,1-2H3/b23-11+/t13-,14+,15-,17+,18+/m0/s1. The van der Waals surface area contributed by atoms with E-state index in [4.69, 9.17) is 32.8 Å². The van der Waals surface area contributed by atoms with Gasteiger partial charge in [0.2, 0.25) is 0 Å². The first-order valence-corrected chi connectivity index (χ1v) is 9.62. The van der Waals surface area contributed by atoms with E-state index in [1.165, 1.54) is 26.4 Å². The van der Waals surface area contributed by atoms with Gasteiger partial charge in [-0.25, -0.2) is 4.98 Å². The molecule has 0 aliphatic carbocycles. The van der Waals surface area contributed by atoms with Crippen LogP contribution in [0.1, 0.15) is 24.4 Å². The van der Waals surface area contributed by atoms with E-state index in [0.29, 0.717) is 34.4 Å². The number of hydrogen-bond donors (Lipinski definition) is 4. The molecule has 11 heteroatoms. The summed E-state index contributed by atoms with van der Waals surface area (Å²) in [6.07, 6.45) is -3.31. The fourth-order valence-electron chi connectivity index (χ4n) is 3.71. The highest BCUT2D eigenvalue weighted by atomic mass is 35.5. The SMILES string of the molecule is CO/N=C1\CNc2c1ncn2[C@@H]1O[C@H]([C@](C)(O)c2ccc(Cl)c(Cl)c2)[C@@H](O)[C@H]1O. The third kappa shape index (κ3) is 3.27. The molecule has 0 amide bonds. The molecule has 9 nitrogen and oxygen atoms in total. The molecule has 1 aromatic carbocycles. The van der Waals surface area contributed by atoms with E-state index in [2.05, 4.69) is 15.5 Å². The van der Waals surface area contributed by atoms with E-state index in [1.54, 1.807) is 16.7 Å². The van der Waals surface area contributed by atoms with Crippen LogP contribution in [0.4, 0.5) is 5.82 Å². The maximum absolute atomic E-state index is 11.1. The minimum absolute atomic E-state index is 0.260. The molecule has 0 bridgehead atoms. The second-order valence-corrected chi connectivity index (χ2v) is 7.94. The average Bonchev–Trinajstić information content (AvgIpc) is 3.34. The molecule has 3 heterocycles. The van der Waals surface area contributed by atoms with Gasteiger partial charge in [-0.2, -0.15) is 0 Å². The minimum Gasteiger partial charge on any atom is -0.399 e. The highest BCUT2D eigenvalue weighted by Crippen LogP contribution is 2.42. The van der Waals surface area contributed by atoms with Crippen molar-refractivity contribution in [3.05, 3.63) is 45.8 Å². The van der Waals surface area contributed by atoms with Gasteiger partial charge in [0.25, 0.3) is 0 Å². The predicted molar refractivity (Wildman–Crippen MR) is 106 cm³/mol. The summed E-state index contributed by atoms with van der Waals surface area (Å²) in [6, 6.07) is 4.64. The van der Waals surface area contributed by atoms with Crippen molar-refractivity contribution in [2.24, 2.45) is 5.16 Å². The molecule has 0 saturated carbocycles. The molecule has 2 aromatic rings. The molecule has 2 aliphatic rings. The Hall–Kier alpha value is -1.88. The first kappa shape index (κ1) is 20.4. The van der Waals surface area contributed by atoms with Gasteiger partial charge in [0.1, 0.15) is 48.2 Å². The van der Waals surface area contributed by atoms with Gasteiger partial charge in [0, 0.05) is 0 Å². The zero-order valence-corrected chi connectivity index (χ0v) is 17.1. The Balaban J connectivity index is 1.64. The molecule has 1 saturated heterocycles. The fourth-order valence-corrected chi connectivity index (χ4v) is 4.00. The summed E-state index contributed by atoms with van der Waals surface area (Å²) in [5, 5.41) is 40.0. The number of hydrogen-bond acceptors (Lipinski definition) is 8. The summed E-state index contributed by atoms with van der Waals surface area (Å²) >= 11 is 12.0. The van der Waals surface area contributed by atoms with Crippen LogP contribution >= 0.6 is 23.2 Å². The van der Waals surface area contributed by atoms with Crippen molar-refractivity contribution < 1.29 is 24.9 Å². The van der Waals surface area contributed by atoms with Crippen molar-refractivity contribution in [3.63, 3.8) is 0 Å². The third-order valence-corrected chi connectivity index (χ3v) is 6.00. The van der Waals surface area contributed by atoms with E-state index in [-0.39, 0.29) is 5.02 Å². The lowest BCUT2D eigenvalue weighted by atomic mass is 9.87. The number of imidazole rings is 1. The number of nitrogens with zero attached hydrogens (tertiary/aromatic N) is 3. The number of fused-ring (bicyclic) bond motifs is 1. The van der Waals surface area contributed by atoms with Crippen molar-refractivity contribution in [1.29, 1.82) is 0 Å². The number of rotatable bonds is 4. The maximum Gasteiger partial charge on any atom is 0.165 e. The molecule has 2 aliphatic heterocycles. The average molecular weight is 443 g/mol. The van der Waals surface area contributed by atoms with Crippen LogP contribution in [-0.2, 0) is 15.2 Å². The van der Waals surface area contributed by atoms with E-state index in [0.717, 1.165) is 0 Å². The van der Waals surface area contributed by atoms with E-state index < -0.39 is 30.1 Å². The molecule has 0 unspecified atom stereocenters. The van der Waals surface area contributed by atoms with Crippen molar-refractivity contribution >= 4 is 34.7 Å². The number of anilines is 1. The van der Waals surface area contributed by atoms with Gasteiger partial charge >= 0.3 is 0 Å². The molecule has 29 heavy (non-hydrogen) atoms. The van der Waals surface area contributed by atoms with Gasteiger partial charge in [-0.3, -0.25) is 4.57 Å². The summed E-state index contributed by atoms with van der Waals surface area (Å²) in [5.74, 6) is 0.576. The monoisotopic (exact) mass is 442 g/mol. The quantitative estimate of drug-likeness (QED) is 0.529. The topological polar surface area (TPSA) is 121 Å². The Morgan fingerprint density at radius 1 is 1.31 bits per heavy atom. The first-order chi connectivity index (χ1) is 13.8. The largest absolute Gasteiger partial charge is 0.399 e. The summed E-state index contributed by atoms with van der Waals surface area (Å²) in [7, 11) is 1.44. The molecule has 0 radical (unpaired) electrons. The van der Waals surface area contributed by atoms with E-state index in [1.807, 2.05) is 0 Å². The Morgan fingerprint density at radius 3 is 2.76 bits per heavy atom. The van der Waals surface area contributed by atoms with Crippen molar-refractivity contribution in [2.75, 3.05) is 19.0 Å². The Kier molecular flexibility index (Phi) is 5.22. The van der Waals surface area contributed by atoms with E-state index >= 15 is 0 Å². The Labute approximate surface area is 176 Å². The molecule has 1 aromatic heterocycles. The van der Waals surface area contributed by atoms with Crippen LogP contribution in [-0.4, -0.2) is 62.5 Å². The Morgan fingerprint density at radius 2 is 2.07 bits per heavy atom. The van der Waals surface area contributed by atoms with Crippen molar-refractivity contribution in [1.82, 2.24) is 9.55 Å². The molecule has 156 valence electrons. The second-order valence-electron chi connectivity index (χ2n) is 7.13. The van der Waals surface area contributed by atoms with Crippen LogP contribution in [0.25, 0.3) is 0 Å². The lowest BCUT2D eigenvalue weighted by Crippen LogP contribution is -2.45. The number of aliphatic hydroxyl groups is 3. The number of ether oxygens (including phenoxy) is 1. The van der Waals surface area contributed by atoms with Crippen LogP contribution < -0.4 is 5.32 Å². The molecule has 4 N–H and O–H groups in total. The van der Waals surface area contributed by atoms with Gasteiger partial charge in [-0.1, -0.05) is 34.4 Å². The number of oxime groups is 1. The number of aromatic nitrogens is 2. The van der Waals surface area contributed by atoms with Gasteiger partial charge in [-0.15, -0.1) is 0 Å². The second kappa shape index (κ2) is 7.42. The molecule has 1 fully saturated rings. The van der Waals surface area contributed by atoms with Crippen LogP contribution in [0.2, 0.25) is 10.0 Å². The predicted octanol–water partition coefficient (Wildman–Crippen LogP) is 1.49. The zero-order chi connectivity index (χ0) is 20.9. The van der Waals surface area contributed by atoms with Crippen molar-refractivity contribution in [2.45, 2.75) is 37.1 Å². The van der Waals surface area contributed by atoms with Gasteiger partial charge in [-0.05, 0) is 24.6 Å². The van der Waals surface area contributed by atoms with Gasteiger partial charge in [0.05, 0.1) is 22.9 Å². The van der Waals surface area contributed by atoms with Gasteiger partial charge in [0.15, 0.2) is 6.23 Å².